The van der Waals surface area contributed by atoms with Crippen LogP contribution in [0.3, 0.4) is 0 Å². The average molecular weight is 682 g/mol. The summed E-state index contributed by atoms with van der Waals surface area (Å²) >= 11 is 1.79. The van der Waals surface area contributed by atoms with Gasteiger partial charge in [0.2, 0.25) is 0 Å². The predicted molar refractivity (Wildman–Crippen MR) is 214 cm³/mol. The van der Waals surface area contributed by atoms with Crippen LogP contribution in [0.4, 0.5) is 0 Å². The standard InChI is InChI=1S/C46H27N5S/c47-28-33-15-7-8-16-35(33)31-20-23-42-38(25-31)39-27-34(21-24-43(39)52-42)51-40-18-10-9-17-36(40)37-26-32(19-22-41(37)51)46-49-44(29-11-3-1-4-12-29)48-45(50-46)30-13-5-2-6-14-30/h1-27H. The van der Waals surface area contributed by atoms with E-state index < -0.39 is 0 Å². The Morgan fingerprint density at radius 2 is 1.00 bits per heavy atom. The second-order valence-electron chi connectivity index (χ2n) is 12.8. The zero-order valence-electron chi connectivity index (χ0n) is 27.7. The van der Waals surface area contributed by atoms with Crippen molar-refractivity contribution in [3.8, 4) is 57.0 Å². The molecule has 0 fully saturated rings. The number of hydrogen-bond acceptors (Lipinski definition) is 5. The Hall–Kier alpha value is -6.94. The van der Waals surface area contributed by atoms with E-state index in [1.165, 1.54) is 20.2 Å². The van der Waals surface area contributed by atoms with Crippen LogP contribution < -0.4 is 0 Å². The highest BCUT2D eigenvalue weighted by Gasteiger charge is 2.18. The zero-order valence-corrected chi connectivity index (χ0v) is 28.5. The van der Waals surface area contributed by atoms with Gasteiger partial charge < -0.3 is 4.57 Å². The van der Waals surface area contributed by atoms with Crippen LogP contribution in [0.15, 0.2) is 164 Å². The molecule has 0 saturated heterocycles. The van der Waals surface area contributed by atoms with Crippen LogP contribution in [0.1, 0.15) is 5.56 Å². The summed E-state index contributed by atoms with van der Waals surface area (Å²) in [5.74, 6) is 1.91. The highest BCUT2D eigenvalue weighted by Crippen LogP contribution is 2.40. The average Bonchev–Trinajstić information content (AvgIpc) is 3.75. The normalized spacial score (nSPS) is 11.4. The second kappa shape index (κ2) is 12.1. The first-order chi connectivity index (χ1) is 25.7. The summed E-state index contributed by atoms with van der Waals surface area (Å²) in [5.41, 5.74) is 8.81. The summed E-state index contributed by atoms with van der Waals surface area (Å²) in [6.07, 6.45) is 0. The van der Waals surface area contributed by atoms with Gasteiger partial charge in [0.1, 0.15) is 0 Å². The molecule has 0 aliphatic carbocycles. The number of hydrogen-bond donors (Lipinski definition) is 0. The molecule has 0 aliphatic rings. The van der Waals surface area contributed by atoms with Gasteiger partial charge in [-0.1, -0.05) is 103 Å². The highest BCUT2D eigenvalue weighted by atomic mass is 32.1. The summed E-state index contributed by atoms with van der Waals surface area (Å²) in [6, 6.07) is 58.7. The van der Waals surface area contributed by atoms with E-state index in [1.54, 1.807) is 11.3 Å². The van der Waals surface area contributed by atoms with E-state index >= 15 is 0 Å². The van der Waals surface area contributed by atoms with Crippen LogP contribution in [-0.2, 0) is 0 Å². The van der Waals surface area contributed by atoms with Crippen molar-refractivity contribution < 1.29 is 0 Å². The molecule has 10 aromatic rings. The number of thiophene rings is 1. The van der Waals surface area contributed by atoms with Gasteiger partial charge in [-0.25, -0.2) is 15.0 Å². The Morgan fingerprint density at radius 3 is 1.73 bits per heavy atom. The molecule has 3 aromatic heterocycles. The molecule has 0 bridgehead atoms. The topological polar surface area (TPSA) is 67.4 Å². The van der Waals surface area contributed by atoms with Gasteiger partial charge in [-0.15, -0.1) is 11.3 Å². The van der Waals surface area contributed by atoms with Gasteiger partial charge in [-0.05, 0) is 71.8 Å². The summed E-state index contributed by atoms with van der Waals surface area (Å²) in [7, 11) is 0. The second-order valence-corrected chi connectivity index (χ2v) is 13.9. The van der Waals surface area contributed by atoms with Crippen LogP contribution >= 0.6 is 11.3 Å². The van der Waals surface area contributed by atoms with Crippen molar-refractivity contribution >= 4 is 53.3 Å². The van der Waals surface area contributed by atoms with Crippen molar-refractivity contribution in [2.45, 2.75) is 0 Å². The van der Waals surface area contributed by atoms with Crippen molar-refractivity contribution in [3.05, 3.63) is 169 Å². The van der Waals surface area contributed by atoms with E-state index in [2.05, 4.69) is 89.5 Å². The maximum absolute atomic E-state index is 9.78. The van der Waals surface area contributed by atoms with Crippen molar-refractivity contribution in [2.75, 3.05) is 0 Å². The van der Waals surface area contributed by atoms with Crippen LogP contribution in [0.2, 0.25) is 0 Å². The van der Waals surface area contributed by atoms with Crippen molar-refractivity contribution in [1.29, 1.82) is 5.26 Å². The fourth-order valence-electron chi connectivity index (χ4n) is 7.23. The lowest BCUT2D eigenvalue weighted by Gasteiger charge is -2.10. The third-order valence-electron chi connectivity index (χ3n) is 9.70. The van der Waals surface area contributed by atoms with Gasteiger partial charge >= 0.3 is 0 Å². The summed E-state index contributed by atoms with van der Waals surface area (Å²) < 4.78 is 4.80. The Balaban J connectivity index is 1.14. The molecule has 0 amide bonds. The molecule has 7 aromatic carbocycles. The highest BCUT2D eigenvalue weighted by molar-refractivity contribution is 7.25. The number of rotatable bonds is 5. The van der Waals surface area contributed by atoms with Gasteiger partial charge in [0.05, 0.1) is 22.7 Å². The number of para-hydroxylation sites is 1. The minimum Gasteiger partial charge on any atom is -0.309 e. The van der Waals surface area contributed by atoms with Gasteiger partial charge in [0.15, 0.2) is 17.5 Å². The minimum absolute atomic E-state index is 0.631. The van der Waals surface area contributed by atoms with Crippen LogP contribution in [-0.4, -0.2) is 19.5 Å². The molecule has 242 valence electrons. The lowest BCUT2D eigenvalue weighted by Crippen LogP contribution is -2.00. The van der Waals surface area contributed by atoms with Crippen molar-refractivity contribution in [2.24, 2.45) is 0 Å². The molecule has 0 spiro atoms. The minimum atomic E-state index is 0.631. The molecular weight excluding hydrogens is 655 g/mol. The van der Waals surface area contributed by atoms with E-state index in [0.717, 1.165) is 55.3 Å². The van der Waals surface area contributed by atoms with E-state index in [0.29, 0.717) is 23.0 Å². The number of benzene rings is 7. The first kappa shape index (κ1) is 29.9. The van der Waals surface area contributed by atoms with Crippen molar-refractivity contribution in [3.63, 3.8) is 0 Å². The molecule has 0 N–H and O–H groups in total. The molecule has 0 aliphatic heterocycles. The van der Waals surface area contributed by atoms with Crippen molar-refractivity contribution in [1.82, 2.24) is 19.5 Å². The lowest BCUT2D eigenvalue weighted by molar-refractivity contribution is 1.07. The first-order valence-corrected chi connectivity index (χ1v) is 17.9. The molecule has 10 rings (SSSR count). The van der Waals surface area contributed by atoms with Crippen LogP contribution in [0.25, 0.3) is 93.0 Å². The molecular formula is C46H27N5S. The fourth-order valence-corrected chi connectivity index (χ4v) is 8.30. The molecule has 5 nitrogen and oxygen atoms in total. The van der Waals surface area contributed by atoms with E-state index in [1.807, 2.05) is 84.9 Å². The molecule has 3 heterocycles. The van der Waals surface area contributed by atoms with E-state index in [9.17, 15) is 5.26 Å². The largest absolute Gasteiger partial charge is 0.309 e. The molecule has 6 heteroatoms. The van der Waals surface area contributed by atoms with Gasteiger partial charge in [0.25, 0.3) is 0 Å². The van der Waals surface area contributed by atoms with Gasteiger partial charge in [-0.3, -0.25) is 0 Å². The number of nitriles is 1. The zero-order chi connectivity index (χ0) is 34.6. The van der Waals surface area contributed by atoms with E-state index in [4.69, 9.17) is 15.0 Å². The number of aromatic nitrogens is 4. The summed E-state index contributed by atoms with van der Waals surface area (Å²) in [6.45, 7) is 0. The van der Waals surface area contributed by atoms with Crippen LogP contribution in [0, 0.1) is 11.3 Å². The summed E-state index contributed by atoms with van der Waals surface area (Å²) in [5, 5.41) is 14.5. The molecule has 0 unspecified atom stereocenters. The molecule has 52 heavy (non-hydrogen) atoms. The number of nitrogens with zero attached hydrogens (tertiary/aromatic N) is 5. The molecule has 0 saturated carbocycles. The first-order valence-electron chi connectivity index (χ1n) is 17.1. The Morgan fingerprint density at radius 1 is 0.442 bits per heavy atom. The smallest absolute Gasteiger partial charge is 0.164 e. The Labute approximate surface area is 303 Å². The molecule has 0 radical (unpaired) electrons. The van der Waals surface area contributed by atoms with Gasteiger partial charge in [-0.2, -0.15) is 5.26 Å². The lowest BCUT2D eigenvalue weighted by atomic mass is 9.98. The third-order valence-corrected chi connectivity index (χ3v) is 10.9. The molecule has 0 atom stereocenters. The maximum atomic E-state index is 9.78. The third kappa shape index (κ3) is 4.95. The SMILES string of the molecule is N#Cc1ccccc1-c1ccc2sc3ccc(-n4c5ccccc5c5cc(-c6nc(-c7ccccc7)nc(-c7ccccc7)n6)ccc54)cc3c2c1. The quantitative estimate of drug-likeness (QED) is 0.181. The maximum Gasteiger partial charge on any atom is 0.164 e. The monoisotopic (exact) mass is 681 g/mol. The van der Waals surface area contributed by atoms with E-state index in [-0.39, 0.29) is 0 Å². The Kier molecular flexibility index (Phi) is 6.98. The predicted octanol–water partition coefficient (Wildman–Crippen LogP) is 11.9. The number of fused-ring (bicyclic) bond motifs is 6. The fraction of sp³-hybridized carbons (Fsp3) is 0. The van der Waals surface area contributed by atoms with Gasteiger partial charge in [0, 0.05) is 53.3 Å². The van der Waals surface area contributed by atoms with Crippen LogP contribution in [0.5, 0.6) is 0 Å². The summed E-state index contributed by atoms with van der Waals surface area (Å²) in [4.78, 5) is 14.9. The Bertz CT molecular complexity index is 2970.